The predicted octanol–water partition coefficient (Wildman–Crippen LogP) is 7.08. The van der Waals surface area contributed by atoms with E-state index in [1.807, 2.05) is 6.92 Å². The normalized spacial score (nSPS) is 21.5. The first-order valence-corrected chi connectivity index (χ1v) is 14.7. The maximum absolute atomic E-state index is 13.5. The number of rotatable bonds is 3. The molecule has 0 unspecified atom stereocenters. The second-order valence-corrected chi connectivity index (χ2v) is 15.5. The van der Waals surface area contributed by atoms with Crippen molar-refractivity contribution in [3.63, 3.8) is 0 Å². The third kappa shape index (κ3) is 8.66. The highest BCUT2D eigenvalue weighted by molar-refractivity contribution is 6.10. The van der Waals surface area contributed by atoms with Crippen molar-refractivity contribution < 1.29 is 38.1 Å². The molecule has 1 aromatic rings. The van der Waals surface area contributed by atoms with Crippen molar-refractivity contribution in [2.24, 2.45) is 11.8 Å². The molecule has 0 aromatic carbocycles. The van der Waals surface area contributed by atoms with Gasteiger partial charge in [0.25, 0.3) is 0 Å². The van der Waals surface area contributed by atoms with E-state index in [0.717, 1.165) is 6.42 Å². The Bertz CT molecular complexity index is 1200. The van der Waals surface area contributed by atoms with Gasteiger partial charge in [0, 0.05) is 5.41 Å². The van der Waals surface area contributed by atoms with Crippen LogP contribution >= 0.6 is 0 Å². The SMILES string of the molecule is CC(C)(C)OC(=O)N(C(=O)OC(C)(C)C)c1nc(N(C(=O)OC(C)(C)C)C(=O)OC(C)(C)C)nc([C@@]2(C)C[C@@H]3C=C[C@H]2C3)n1. The van der Waals surface area contributed by atoms with E-state index in [2.05, 4.69) is 27.1 Å². The molecule has 13 nitrogen and oxygen atoms in total. The van der Waals surface area contributed by atoms with Crippen molar-refractivity contribution in [3.05, 3.63) is 18.0 Å². The number of carbonyl (C=O) groups is 4. The zero-order chi connectivity index (χ0) is 33.6. The van der Waals surface area contributed by atoms with Crippen LogP contribution in [0.4, 0.5) is 31.1 Å². The number of anilines is 2. The molecule has 0 saturated heterocycles. The molecule has 244 valence electrons. The number of amides is 4. The number of aromatic nitrogens is 3. The van der Waals surface area contributed by atoms with E-state index < -0.39 is 64.1 Å². The molecule has 0 aliphatic heterocycles. The zero-order valence-electron chi connectivity index (χ0n) is 28.2. The average Bonchev–Trinajstić information content (AvgIpc) is 3.35. The van der Waals surface area contributed by atoms with Crippen molar-refractivity contribution in [2.45, 2.75) is 131 Å². The molecule has 2 aliphatic carbocycles. The fraction of sp³-hybridized carbons (Fsp3) is 0.710. The van der Waals surface area contributed by atoms with Gasteiger partial charge >= 0.3 is 24.4 Å². The van der Waals surface area contributed by atoms with Gasteiger partial charge in [0.15, 0.2) is 0 Å². The van der Waals surface area contributed by atoms with Gasteiger partial charge in [-0.2, -0.15) is 15.0 Å². The lowest BCUT2D eigenvalue weighted by Crippen LogP contribution is -2.47. The summed E-state index contributed by atoms with van der Waals surface area (Å²) in [6.45, 7) is 21.6. The van der Waals surface area contributed by atoms with Gasteiger partial charge < -0.3 is 18.9 Å². The molecule has 1 fully saturated rings. The van der Waals surface area contributed by atoms with Crippen LogP contribution in [-0.2, 0) is 24.4 Å². The summed E-state index contributed by atoms with van der Waals surface area (Å²) in [6.07, 6.45) is 1.27. The molecule has 0 spiro atoms. The number of ether oxygens (including phenoxy) is 4. The first-order chi connectivity index (χ1) is 19.8. The zero-order valence-corrected chi connectivity index (χ0v) is 28.2. The average molecular weight is 618 g/mol. The lowest BCUT2D eigenvalue weighted by Gasteiger charge is -2.32. The summed E-state index contributed by atoms with van der Waals surface area (Å²) in [7, 11) is 0. The van der Waals surface area contributed by atoms with Crippen molar-refractivity contribution in [1.82, 2.24) is 15.0 Å². The molecule has 0 radical (unpaired) electrons. The Balaban J connectivity index is 2.31. The maximum Gasteiger partial charge on any atom is 0.427 e. The van der Waals surface area contributed by atoms with Crippen LogP contribution in [0.15, 0.2) is 12.2 Å². The fourth-order valence-corrected chi connectivity index (χ4v) is 4.87. The molecule has 4 amide bonds. The molecule has 3 rings (SSSR count). The number of imide groups is 2. The molecular formula is C31H47N5O8. The maximum atomic E-state index is 13.5. The lowest BCUT2D eigenvalue weighted by molar-refractivity contribution is 0.0410. The van der Waals surface area contributed by atoms with Crippen molar-refractivity contribution in [1.29, 1.82) is 0 Å². The van der Waals surface area contributed by atoms with Crippen LogP contribution in [0.25, 0.3) is 0 Å². The molecule has 13 heteroatoms. The second-order valence-electron chi connectivity index (χ2n) is 15.5. The van der Waals surface area contributed by atoms with Crippen LogP contribution in [0.3, 0.4) is 0 Å². The van der Waals surface area contributed by atoms with Crippen LogP contribution in [0.2, 0.25) is 0 Å². The summed E-state index contributed by atoms with van der Waals surface area (Å²) in [5, 5.41) is 0. The summed E-state index contributed by atoms with van der Waals surface area (Å²) >= 11 is 0. The summed E-state index contributed by atoms with van der Waals surface area (Å²) in [6, 6.07) is 0. The first kappa shape index (κ1) is 34.7. The van der Waals surface area contributed by atoms with Crippen molar-refractivity contribution in [3.8, 4) is 0 Å². The van der Waals surface area contributed by atoms with E-state index in [-0.39, 0.29) is 17.7 Å². The number of allylic oxidation sites excluding steroid dienone is 2. The Labute approximate surface area is 259 Å². The fourth-order valence-electron chi connectivity index (χ4n) is 4.87. The van der Waals surface area contributed by atoms with E-state index in [1.54, 1.807) is 83.1 Å². The van der Waals surface area contributed by atoms with Gasteiger partial charge in [0.2, 0.25) is 11.9 Å². The number of fused-ring (bicyclic) bond motifs is 2. The van der Waals surface area contributed by atoms with Gasteiger partial charge in [-0.25, -0.2) is 19.2 Å². The van der Waals surface area contributed by atoms with Crippen LogP contribution in [0, 0.1) is 11.8 Å². The number of nitrogens with zero attached hydrogens (tertiary/aromatic N) is 5. The van der Waals surface area contributed by atoms with Crippen molar-refractivity contribution in [2.75, 3.05) is 9.80 Å². The third-order valence-electron chi connectivity index (χ3n) is 6.50. The van der Waals surface area contributed by atoms with Gasteiger partial charge in [-0.1, -0.05) is 19.1 Å². The first-order valence-electron chi connectivity index (χ1n) is 14.7. The topological polar surface area (TPSA) is 150 Å². The molecule has 0 N–H and O–H groups in total. The molecule has 3 atom stereocenters. The Hall–Kier alpha value is -3.77. The minimum absolute atomic E-state index is 0.0311. The second kappa shape index (κ2) is 11.6. The Morgan fingerprint density at radius 3 is 1.23 bits per heavy atom. The summed E-state index contributed by atoms with van der Waals surface area (Å²) < 4.78 is 22.1. The predicted molar refractivity (Wildman–Crippen MR) is 162 cm³/mol. The van der Waals surface area contributed by atoms with E-state index in [1.165, 1.54) is 0 Å². The molecule has 1 saturated carbocycles. The van der Waals surface area contributed by atoms with Gasteiger partial charge in [0.1, 0.15) is 28.2 Å². The molecule has 2 bridgehead atoms. The van der Waals surface area contributed by atoms with Gasteiger partial charge in [0.05, 0.1) is 0 Å². The summed E-state index contributed by atoms with van der Waals surface area (Å²) in [5.74, 6) is -0.501. The minimum atomic E-state index is -1.12. The highest BCUT2D eigenvalue weighted by Crippen LogP contribution is 2.52. The van der Waals surface area contributed by atoms with Gasteiger partial charge in [-0.05, 0) is 108 Å². The van der Waals surface area contributed by atoms with Crippen LogP contribution in [0.5, 0.6) is 0 Å². The van der Waals surface area contributed by atoms with Crippen LogP contribution in [-0.4, -0.2) is 61.7 Å². The Morgan fingerprint density at radius 1 is 0.636 bits per heavy atom. The van der Waals surface area contributed by atoms with E-state index >= 15 is 0 Å². The minimum Gasteiger partial charge on any atom is -0.443 e. The van der Waals surface area contributed by atoms with E-state index in [4.69, 9.17) is 18.9 Å². The monoisotopic (exact) mass is 617 g/mol. The Kier molecular flexibility index (Phi) is 9.17. The summed E-state index contributed by atoms with van der Waals surface area (Å²) in [5.41, 5.74) is -4.69. The highest BCUT2D eigenvalue weighted by atomic mass is 16.6. The van der Waals surface area contributed by atoms with Crippen molar-refractivity contribution >= 4 is 36.3 Å². The van der Waals surface area contributed by atoms with Crippen LogP contribution in [0.1, 0.15) is 109 Å². The van der Waals surface area contributed by atoms with Gasteiger partial charge in [-0.15, -0.1) is 9.80 Å². The standard InChI is InChI=1S/C31H47N5O8/c1-27(2,3)41-23(37)35(24(38)42-28(4,5)6)21-32-20(31(13)17-18-14-15-19(31)16-18)33-22(34-21)36(25(39)43-29(7,8)9)26(40)44-30(10,11)12/h14-15,18-19H,16-17H2,1-13H3/t18-,19+,31+/m1/s1. The third-order valence-corrected chi connectivity index (χ3v) is 6.50. The van der Waals surface area contributed by atoms with E-state index in [0.29, 0.717) is 16.2 Å². The lowest BCUT2D eigenvalue weighted by atomic mass is 9.77. The smallest absolute Gasteiger partial charge is 0.427 e. The largest absolute Gasteiger partial charge is 0.443 e. The molecule has 1 heterocycles. The van der Waals surface area contributed by atoms with Crippen LogP contribution < -0.4 is 9.80 Å². The molecular weight excluding hydrogens is 570 g/mol. The molecule has 44 heavy (non-hydrogen) atoms. The molecule has 1 aromatic heterocycles. The van der Waals surface area contributed by atoms with E-state index in [9.17, 15) is 19.2 Å². The number of carbonyl (C=O) groups excluding carboxylic acids is 4. The quantitative estimate of drug-likeness (QED) is 0.253. The van der Waals surface area contributed by atoms with Gasteiger partial charge in [-0.3, -0.25) is 0 Å². The Morgan fingerprint density at radius 2 is 0.977 bits per heavy atom. The number of hydrogen-bond acceptors (Lipinski definition) is 11. The molecule has 2 aliphatic rings. The highest BCUT2D eigenvalue weighted by Gasteiger charge is 2.50. The summed E-state index contributed by atoms with van der Waals surface area (Å²) in [4.78, 5) is 68.8. The number of hydrogen-bond donors (Lipinski definition) is 0.